The molecule has 0 unspecified atom stereocenters. The van der Waals surface area contributed by atoms with Crippen LogP contribution in [0.5, 0.6) is 5.88 Å². The molecule has 2 saturated heterocycles. The number of nitrogens with zero attached hydrogens (tertiary/aromatic N) is 4. The van der Waals surface area contributed by atoms with Crippen LogP contribution >= 0.6 is 0 Å². The van der Waals surface area contributed by atoms with Crippen LogP contribution in [0.3, 0.4) is 0 Å². The first-order valence-electron chi connectivity index (χ1n) is 11.3. The number of carboxylic acid groups (broad SMARTS) is 1. The van der Waals surface area contributed by atoms with E-state index in [1.54, 1.807) is 7.11 Å². The second-order valence-electron chi connectivity index (χ2n) is 8.59. The third kappa shape index (κ3) is 7.39. The molecular formula is C22H31F3N6O3. The summed E-state index contributed by atoms with van der Waals surface area (Å²) >= 11 is 0. The molecule has 2 fully saturated rings. The molecule has 2 aromatic heterocycles. The van der Waals surface area contributed by atoms with Crippen LogP contribution in [0.1, 0.15) is 60.4 Å². The topological polar surface area (TPSA) is 116 Å². The number of halogens is 3. The largest absolute Gasteiger partial charge is 0.490 e. The average molecular weight is 485 g/mol. The number of aromatic amines is 1. The summed E-state index contributed by atoms with van der Waals surface area (Å²) in [5.41, 5.74) is 3.53. The summed E-state index contributed by atoms with van der Waals surface area (Å²) in [6, 6.07) is 4.19. The molecule has 0 atom stereocenters. The molecule has 9 nitrogen and oxygen atoms in total. The number of methoxy groups -OCH3 is 1. The number of piperidine rings is 2. The zero-order chi connectivity index (χ0) is 24.7. The summed E-state index contributed by atoms with van der Waals surface area (Å²) in [5, 5.41) is 18.5. The average Bonchev–Trinajstić information content (AvgIpc) is 3.30. The normalized spacial score (nSPS) is 18.3. The van der Waals surface area contributed by atoms with Crippen molar-refractivity contribution in [3.8, 4) is 5.88 Å². The molecular weight excluding hydrogens is 453 g/mol. The fourth-order valence-electron chi connectivity index (χ4n) is 4.27. The Morgan fingerprint density at radius 1 is 1.15 bits per heavy atom. The summed E-state index contributed by atoms with van der Waals surface area (Å²) in [5.74, 6) is -0.0650. The van der Waals surface area contributed by atoms with Gasteiger partial charge in [0.05, 0.1) is 19.3 Å². The fraction of sp³-hybridized carbons (Fsp3) is 0.636. The number of aliphatic carboxylic acids is 1. The van der Waals surface area contributed by atoms with Gasteiger partial charge in [-0.2, -0.15) is 23.3 Å². The van der Waals surface area contributed by atoms with Crippen molar-refractivity contribution in [2.75, 3.05) is 33.3 Å². The van der Waals surface area contributed by atoms with E-state index in [9.17, 15) is 13.2 Å². The van der Waals surface area contributed by atoms with Gasteiger partial charge in [-0.25, -0.2) is 9.78 Å². The molecule has 0 spiro atoms. The van der Waals surface area contributed by atoms with Crippen molar-refractivity contribution >= 4 is 5.97 Å². The monoisotopic (exact) mass is 484 g/mol. The maximum absolute atomic E-state index is 10.6. The summed E-state index contributed by atoms with van der Waals surface area (Å²) in [4.78, 5) is 20.4. The van der Waals surface area contributed by atoms with Crippen LogP contribution in [-0.2, 0) is 11.3 Å². The number of alkyl halides is 3. The van der Waals surface area contributed by atoms with Crippen molar-refractivity contribution in [3.05, 3.63) is 35.0 Å². The Balaban J connectivity index is 0.000000406. The third-order valence-corrected chi connectivity index (χ3v) is 6.10. The van der Waals surface area contributed by atoms with E-state index >= 15 is 0 Å². The molecule has 3 N–H and O–H groups in total. The van der Waals surface area contributed by atoms with Crippen LogP contribution in [0.25, 0.3) is 0 Å². The Hall–Kier alpha value is -2.73. The Kier molecular flexibility index (Phi) is 8.84. The maximum Gasteiger partial charge on any atom is 0.490 e. The molecule has 0 aromatic carbocycles. The molecule has 12 heteroatoms. The number of hydrogen-bond donors (Lipinski definition) is 3. The number of carbonyl (C=O) groups is 1. The molecule has 0 aliphatic carbocycles. The minimum atomic E-state index is -5.08. The van der Waals surface area contributed by atoms with Crippen LogP contribution in [0.2, 0.25) is 0 Å². The lowest BCUT2D eigenvalue weighted by molar-refractivity contribution is -0.192. The molecule has 2 aliphatic rings. The Bertz CT molecular complexity index is 938. The standard InChI is InChI=1S/C20H30N6O.C2HF3O2/c1-14-11-20(27-2)23-19(22-14)13-26-9-5-16(6-10-26)18-12-17(24-25-18)15-3-7-21-8-4-15;3-2(4,5)1(6)7/h11-12,15-16,21H,3-10,13H2,1-2H3,(H,24,25);(H,6,7). The van der Waals surface area contributed by atoms with Gasteiger partial charge in [-0.1, -0.05) is 0 Å². The number of hydrogen-bond acceptors (Lipinski definition) is 7. The van der Waals surface area contributed by atoms with Gasteiger partial charge in [-0.3, -0.25) is 10.00 Å². The minimum Gasteiger partial charge on any atom is -0.481 e. The van der Waals surface area contributed by atoms with Crippen LogP contribution in [0, 0.1) is 6.92 Å². The lowest BCUT2D eigenvalue weighted by Gasteiger charge is -2.30. The predicted molar refractivity (Wildman–Crippen MR) is 118 cm³/mol. The number of H-pyrrole nitrogens is 1. The molecule has 2 aromatic rings. The quantitative estimate of drug-likeness (QED) is 0.593. The molecule has 2 aliphatic heterocycles. The second-order valence-corrected chi connectivity index (χ2v) is 8.59. The van der Waals surface area contributed by atoms with Gasteiger partial charge >= 0.3 is 12.1 Å². The molecule has 0 saturated carbocycles. The van der Waals surface area contributed by atoms with Crippen LogP contribution < -0.4 is 10.1 Å². The zero-order valence-corrected chi connectivity index (χ0v) is 19.4. The van der Waals surface area contributed by atoms with Gasteiger partial charge in [0.15, 0.2) is 0 Å². The molecule has 4 heterocycles. The molecule has 34 heavy (non-hydrogen) atoms. The lowest BCUT2D eigenvalue weighted by atomic mass is 9.90. The summed E-state index contributed by atoms with van der Waals surface area (Å²) in [6.45, 7) is 7.11. The summed E-state index contributed by atoms with van der Waals surface area (Å²) < 4.78 is 37.0. The SMILES string of the molecule is COc1cc(C)nc(CN2CCC(c3cc(C4CCNCC4)n[nH]3)CC2)n1.O=C(O)C(F)(F)F. The van der Waals surface area contributed by atoms with Crippen LogP contribution in [0.4, 0.5) is 13.2 Å². The summed E-state index contributed by atoms with van der Waals surface area (Å²) in [7, 11) is 1.65. The molecule has 0 radical (unpaired) electrons. The van der Waals surface area contributed by atoms with Gasteiger partial charge in [0.25, 0.3) is 0 Å². The van der Waals surface area contributed by atoms with E-state index in [1.807, 2.05) is 13.0 Å². The van der Waals surface area contributed by atoms with E-state index in [4.69, 9.17) is 14.6 Å². The predicted octanol–water partition coefficient (Wildman–Crippen LogP) is 3.00. The number of carboxylic acids is 1. The summed E-state index contributed by atoms with van der Waals surface area (Å²) in [6.07, 6.45) is -0.390. The van der Waals surface area contributed by atoms with Crippen LogP contribution in [0.15, 0.2) is 12.1 Å². The minimum absolute atomic E-state index is 0.581. The molecule has 0 bridgehead atoms. The first-order chi connectivity index (χ1) is 16.2. The number of likely N-dealkylation sites (tertiary alicyclic amines) is 1. The van der Waals surface area contributed by atoms with E-state index in [0.29, 0.717) is 17.7 Å². The second kappa shape index (κ2) is 11.6. The van der Waals surface area contributed by atoms with E-state index in [1.165, 1.54) is 24.2 Å². The number of rotatable bonds is 5. The smallest absolute Gasteiger partial charge is 0.481 e. The number of aryl methyl sites for hydroxylation is 1. The van der Waals surface area contributed by atoms with E-state index in [2.05, 4.69) is 36.4 Å². The van der Waals surface area contributed by atoms with Crippen molar-refractivity contribution in [2.24, 2.45) is 0 Å². The van der Waals surface area contributed by atoms with E-state index in [0.717, 1.165) is 57.1 Å². The number of ether oxygens (including phenoxy) is 1. The fourth-order valence-corrected chi connectivity index (χ4v) is 4.27. The van der Waals surface area contributed by atoms with Crippen molar-refractivity contribution in [1.82, 2.24) is 30.4 Å². The zero-order valence-electron chi connectivity index (χ0n) is 19.4. The van der Waals surface area contributed by atoms with Crippen LogP contribution in [-0.4, -0.2) is 75.6 Å². The van der Waals surface area contributed by atoms with E-state index in [-0.39, 0.29) is 0 Å². The van der Waals surface area contributed by atoms with Crippen molar-refractivity contribution < 1.29 is 27.8 Å². The highest BCUT2D eigenvalue weighted by molar-refractivity contribution is 5.73. The van der Waals surface area contributed by atoms with Gasteiger partial charge in [0.2, 0.25) is 5.88 Å². The number of aromatic nitrogens is 4. The molecule has 4 rings (SSSR count). The Morgan fingerprint density at radius 2 is 1.79 bits per heavy atom. The van der Waals surface area contributed by atoms with Gasteiger partial charge in [-0.15, -0.1) is 0 Å². The molecule has 188 valence electrons. The highest BCUT2D eigenvalue weighted by atomic mass is 19.4. The van der Waals surface area contributed by atoms with Gasteiger partial charge < -0.3 is 15.2 Å². The van der Waals surface area contributed by atoms with Gasteiger partial charge in [0.1, 0.15) is 5.82 Å². The third-order valence-electron chi connectivity index (χ3n) is 6.10. The Labute approximate surface area is 196 Å². The van der Waals surface area contributed by atoms with Crippen molar-refractivity contribution in [3.63, 3.8) is 0 Å². The van der Waals surface area contributed by atoms with Crippen molar-refractivity contribution in [2.45, 2.75) is 57.2 Å². The van der Waals surface area contributed by atoms with Gasteiger partial charge in [-0.05, 0) is 64.9 Å². The number of nitrogens with one attached hydrogen (secondary N) is 2. The van der Waals surface area contributed by atoms with E-state index < -0.39 is 12.1 Å². The van der Waals surface area contributed by atoms with Crippen molar-refractivity contribution in [1.29, 1.82) is 0 Å². The maximum atomic E-state index is 10.6. The highest BCUT2D eigenvalue weighted by Gasteiger charge is 2.38. The Morgan fingerprint density at radius 3 is 2.38 bits per heavy atom. The molecule has 0 amide bonds. The first kappa shape index (κ1) is 25.9. The highest BCUT2D eigenvalue weighted by Crippen LogP contribution is 2.31. The van der Waals surface area contributed by atoms with Gasteiger partial charge in [0, 0.05) is 29.3 Å². The lowest BCUT2D eigenvalue weighted by Crippen LogP contribution is -2.33. The first-order valence-corrected chi connectivity index (χ1v) is 11.3.